The Kier molecular flexibility index (Phi) is 5.70. The van der Waals surface area contributed by atoms with Crippen molar-refractivity contribution in [2.24, 2.45) is 0 Å². The topological polar surface area (TPSA) is 27.3 Å². The van der Waals surface area contributed by atoms with Gasteiger partial charge in [0.25, 0.3) is 0 Å². The maximum absolute atomic E-state index is 13.4. The summed E-state index contributed by atoms with van der Waals surface area (Å²) in [5, 5.41) is 5.98. The average Bonchev–Trinajstić information content (AvgIpc) is 3.03. The van der Waals surface area contributed by atoms with Crippen LogP contribution in [0.15, 0.2) is 60.9 Å². The van der Waals surface area contributed by atoms with E-state index < -0.39 is 17.6 Å². The molecule has 2 aromatic rings. The molecule has 1 heterocycles. The lowest BCUT2D eigenvalue weighted by Gasteiger charge is -2.20. The lowest BCUT2D eigenvalue weighted by atomic mass is 10.2. The van der Waals surface area contributed by atoms with E-state index in [4.69, 9.17) is 0 Å². The molecule has 0 saturated carbocycles. The highest BCUT2D eigenvalue weighted by molar-refractivity contribution is 5.50. The zero-order valence-electron chi connectivity index (χ0n) is 14.7. The lowest BCUT2D eigenvalue weighted by molar-refractivity contribution is -0.139. The minimum atomic E-state index is -4.74. The van der Waals surface area contributed by atoms with Crippen LogP contribution in [0.5, 0.6) is 0 Å². The molecule has 2 aromatic carbocycles. The number of rotatable bonds is 6. The van der Waals surface area contributed by atoms with Gasteiger partial charge < -0.3 is 10.6 Å². The van der Waals surface area contributed by atoms with E-state index in [1.807, 2.05) is 18.2 Å². The molecule has 144 valence electrons. The van der Waals surface area contributed by atoms with E-state index in [1.54, 1.807) is 0 Å². The Morgan fingerprint density at radius 2 is 1.89 bits per heavy atom. The maximum atomic E-state index is 13.4. The minimum absolute atomic E-state index is 0.139. The quantitative estimate of drug-likeness (QED) is 0.719. The Morgan fingerprint density at radius 3 is 2.59 bits per heavy atom. The summed E-state index contributed by atoms with van der Waals surface area (Å²) in [7, 11) is 0. The molecule has 3 rings (SSSR count). The Balaban J connectivity index is 1.53. The summed E-state index contributed by atoms with van der Waals surface area (Å²) in [6.45, 7) is 6.41. The molecule has 0 amide bonds. The third kappa shape index (κ3) is 5.23. The van der Waals surface area contributed by atoms with E-state index in [2.05, 4.69) is 34.2 Å². The first kappa shape index (κ1) is 19.2. The van der Waals surface area contributed by atoms with Crippen molar-refractivity contribution < 1.29 is 17.6 Å². The summed E-state index contributed by atoms with van der Waals surface area (Å²) >= 11 is 0. The van der Waals surface area contributed by atoms with Crippen LogP contribution in [0.1, 0.15) is 17.5 Å². The van der Waals surface area contributed by atoms with Gasteiger partial charge in [-0.3, -0.25) is 4.90 Å². The van der Waals surface area contributed by atoms with Gasteiger partial charge in [-0.05, 0) is 30.2 Å². The summed E-state index contributed by atoms with van der Waals surface area (Å²) in [5.74, 6) is -0.903. The zero-order valence-corrected chi connectivity index (χ0v) is 14.7. The van der Waals surface area contributed by atoms with Crippen LogP contribution in [0, 0.1) is 5.82 Å². The van der Waals surface area contributed by atoms with E-state index in [0.29, 0.717) is 5.82 Å². The molecular formula is C20H21F4N3. The summed E-state index contributed by atoms with van der Waals surface area (Å²) in [6.07, 6.45) is -3.83. The first-order valence-electron chi connectivity index (χ1n) is 8.67. The number of benzene rings is 2. The van der Waals surface area contributed by atoms with Gasteiger partial charge in [-0.2, -0.15) is 13.2 Å². The van der Waals surface area contributed by atoms with Gasteiger partial charge in [0.1, 0.15) is 5.82 Å². The molecule has 1 atom stereocenters. The number of nitrogens with one attached hydrogen (secondary N) is 2. The van der Waals surface area contributed by atoms with E-state index in [9.17, 15) is 17.6 Å². The van der Waals surface area contributed by atoms with Gasteiger partial charge in [0.15, 0.2) is 0 Å². The third-order valence-corrected chi connectivity index (χ3v) is 4.47. The maximum Gasteiger partial charge on any atom is 0.419 e. The van der Waals surface area contributed by atoms with Crippen molar-refractivity contribution in [2.75, 3.05) is 18.4 Å². The molecular weight excluding hydrogens is 358 g/mol. The molecule has 1 fully saturated rings. The molecule has 2 N–H and O–H groups in total. The molecule has 7 heteroatoms. The predicted octanol–water partition coefficient (Wildman–Crippen LogP) is 4.59. The van der Waals surface area contributed by atoms with E-state index >= 15 is 0 Å². The Labute approximate surface area is 155 Å². The van der Waals surface area contributed by atoms with Crippen LogP contribution in [-0.4, -0.2) is 24.0 Å². The molecule has 27 heavy (non-hydrogen) atoms. The molecule has 0 radical (unpaired) electrons. The van der Waals surface area contributed by atoms with Crippen molar-refractivity contribution in [2.45, 2.75) is 25.2 Å². The largest absolute Gasteiger partial charge is 0.419 e. The number of hydrogen-bond donors (Lipinski definition) is 2. The van der Waals surface area contributed by atoms with E-state index in [-0.39, 0.29) is 11.7 Å². The number of likely N-dealkylation sites (tertiary alicyclic amines) is 1. The number of alkyl halides is 3. The van der Waals surface area contributed by atoms with Crippen LogP contribution in [0.2, 0.25) is 0 Å². The fraction of sp³-hybridized carbons (Fsp3) is 0.300. The summed E-state index contributed by atoms with van der Waals surface area (Å²) in [6, 6.07) is 13.1. The fourth-order valence-corrected chi connectivity index (χ4v) is 3.21. The van der Waals surface area contributed by atoms with Crippen LogP contribution in [0.3, 0.4) is 0 Å². The SMILES string of the molecule is C=C(Nc1ccc(F)c(C(F)(F)F)c1)NC1CCN(Cc2ccccc2)C1. The molecule has 1 aliphatic rings. The second-order valence-electron chi connectivity index (χ2n) is 6.65. The third-order valence-electron chi connectivity index (χ3n) is 4.47. The second-order valence-corrected chi connectivity index (χ2v) is 6.65. The highest BCUT2D eigenvalue weighted by Crippen LogP contribution is 2.33. The average molecular weight is 379 g/mol. The Morgan fingerprint density at radius 1 is 1.15 bits per heavy atom. The van der Waals surface area contributed by atoms with Gasteiger partial charge in [-0.25, -0.2) is 4.39 Å². The normalized spacial score (nSPS) is 17.7. The standard InChI is InChI=1S/C20H21F4N3/c1-14(25-16-7-8-19(21)18(11-16)20(22,23)24)26-17-9-10-27(13-17)12-15-5-3-2-4-6-15/h2-8,11,17,25-26H,1,9-10,12-13H2. The van der Waals surface area contributed by atoms with Crippen molar-refractivity contribution in [1.29, 1.82) is 0 Å². The first-order valence-corrected chi connectivity index (χ1v) is 8.67. The van der Waals surface area contributed by atoms with Crippen molar-refractivity contribution >= 4 is 5.69 Å². The van der Waals surface area contributed by atoms with Crippen molar-refractivity contribution in [3.05, 3.63) is 77.9 Å². The summed E-state index contributed by atoms with van der Waals surface area (Å²) in [4.78, 5) is 2.31. The van der Waals surface area contributed by atoms with Gasteiger partial charge in [0, 0.05) is 31.4 Å². The van der Waals surface area contributed by atoms with Crippen LogP contribution >= 0.6 is 0 Å². The highest BCUT2D eigenvalue weighted by atomic mass is 19.4. The minimum Gasteiger partial charge on any atom is -0.368 e. The molecule has 1 unspecified atom stereocenters. The van der Waals surface area contributed by atoms with Crippen molar-refractivity contribution in [3.8, 4) is 0 Å². The zero-order chi connectivity index (χ0) is 19.4. The molecule has 3 nitrogen and oxygen atoms in total. The number of halogens is 4. The second kappa shape index (κ2) is 8.00. The fourth-order valence-electron chi connectivity index (χ4n) is 3.21. The smallest absolute Gasteiger partial charge is 0.368 e. The van der Waals surface area contributed by atoms with Crippen LogP contribution in [0.4, 0.5) is 23.2 Å². The lowest BCUT2D eigenvalue weighted by Crippen LogP contribution is -2.33. The van der Waals surface area contributed by atoms with Crippen molar-refractivity contribution in [3.63, 3.8) is 0 Å². The number of hydrogen-bond acceptors (Lipinski definition) is 3. The monoisotopic (exact) mass is 379 g/mol. The molecule has 1 saturated heterocycles. The summed E-state index contributed by atoms with van der Waals surface area (Å²) < 4.78 is 51.8. The van der Waals surface area contributed by atoms with Gasteiger partial charge in [-0.15, -0.1) is 0 Å². The van der Waals surface area contributed by atoms with Gasteiger partial charge in [0.2, 0.25) is 0 Å². The number of anilines is 1. The molecule has 0 aliphatic carbocycles. The van der Waals surface area contributed by atoms with Gasteiger partial charge in [0.05, 0.1) is 11.4 Å². The molecule has 1 aliphatic heterocycles. The molecule has 0 spiro atoms. The van der Waals surface area contributed by atoms with Crippen LogP contribution in [-0.2, 0) is 12.7 Å². The Hall–Kier alpha value is -2.54. The first-order chi connectivity index (χ1) is 12.8. The van der Waals surface area contributed by atoms with Gasteiger partial charge in [-0.1, -0.05) is 36.9 Å². The van der Waals surface area contributed by atoms with E-state index in [0.717, 1.165) is 38.2 Å². The van der Waals surface area contributed by atoms with Crippen molar-refractivity contribution in [1.82, 2.24) is 10.2 Å². The highest BCUT2D eigenvalue weighted by Gasteiger charge is 2.34. The van der Waals surface area contributed by atoms with Crippen LogP contribution in [0.25, 0.3) is 0 Å². The van der Waals surface area contributed by atoms with Gasteiger partial charge >= 0.3 is 6.18 Å². The number of nitrogens with zero attached hydrogens (tertiary/aromatic N) is 1. The Bertz CT molecular complexity index is 790. The predicted molar refractivity (Wildman–Crippen MR) is 97.4 cm³/mol. The van der Waals surface area contributed by atoms with Crippen LogP contribution < -0.4 is 10.6 Å². The molecule has 0 aromatic heterocycles. The molecule has 0 bridgehead atoms. The summed E-state index contributed by atoms with van der Waals surface area (Å²) in [5.41, 5.74) is 0.0802. The van der Waals surface area contributed by atoms with E-state index in [1.165, 1.54) is 11.6 Å².